The number of aryl methyl sites for hydroxylation is 1. The number of carbonyl (C=O) groups is 2. The molecule has 1 aliphatic carbocycles. The molecular weight excluding hydrogens is 542 g/mol. The summed E-state index contributed by atoms with van der Waals surface area (Å²) in [6, 6.07) is 14.2. The Morgan fingerprint density at radius 2 is 1.93 bits per heavy atom. The SMILES string of the molecule is CCc1cccc(-c2c(Cl)cccc2C(OCCNC(=O)OC)[C@H]2CN(C(=O)C3CCC(CNC)CC3)CCO2)c1. The summed E-state index contributed by atoms with van der Waals surface area (Å²) in [4.78, 5) is 27.2. The number of morpholine rings is 1. The van der Waals surface area contributed by atoms with Gasteiger partial charge in [-0.05, 0) is 74.4 Å². The van der Waals surface area contributed by atoms with Gasteiger partial charge >= 0.3 is 6.09 Å². The normalized spacial score (nSPS) is 21.8. The number of hydrogen-bond donors (Lipinski definition) is 2. The minimum Gasteiger partial charge on any atom is -0.453 e. The van der Waals surface area contributed by atoms with Crippen LogP contribution in [0.2, 0.25) is 5.02 Å². The quantitative estimate of drug-likeness (QED) is 0.351. The number of benzene rings is 2. The lowest BCUT2D eigenvalue weighted by Gasteiger charge is -2.40. The molecule has 8 nitrogen and oxygen atoms in total. The van der Waals surface area contributed by atoms with Gasteiger partial charge in [-0.25, -0.2) is 4.79 Å². The second-order valence-electron chi connectivity index (χ2n) is 10.9. The van der Waals surface area contributed by atoms with Crippen LogP contribution in [0.25, 0.3) is 11.1 Å². The van der Waals surface area contributed by atoms with Crippen LogP contribution in [0.1, 0.15) is 49.8 Å². The maximum Gasteiger partial charge on any atom is 0.406 e. The Morgan fingerprint density at radius 3 is 2.66 bits per heavy atom. The first kappa shape index (κ1) is 31.3. The predicted octanol–water partition coefficient (Wildman–Crippen LogP) is 5.24. The van der Waals surface area contributed by atoms with E-state index in [1.165, 1.54) is 12.7 Å². The van der Waals surface area contributed by atoms with Gasteiger partial charge in [-0.1, -0.05) is 54.9 Å². The summed E-state index contributed by atoms with van der Waals surface area (Å²) in [6.07, 6.45) is 3.51. The molecule has 0 spiro atoms. The third-order valence-corrected chi connectivity index (χ3v) is 8.58. The Morgan fingerprint density at radius 1 is 1.15 bits per heavy atom. The maximum absolute atomic E-state index is 13.6. The summed E-state index contributed by atoms with van der Waals surface area (Å²) in [6.45, 7) is 5.09. The molecule has 41 heavy (non-hydrogen) atoms. The van der Waals surface area contributed by atoms with Crippen LogP contribution in [0.4, 0.5) is 4.79 Å². The van der Waals surface area contributed by atoms with Gasteiger partial charge in [0.1, 0.15) is 12.2 Å². The number of ether oxygens (including phenoxy) is 3. The molecule has 9 heteroatoms. The fourth-order valence-corrected chi connectivity index (χ4v) is 6.35. The lowest BCUT2D eigenvalue weighted by Crippen LogP contribution is -2.50. The van der Waals surface area contributed by atoms with Crippen molar-refractivity contribution in [3.8, 4) is 11.1 Å². The molecule has 0 aromatic heterocycles. The van der Waals surface area contributed by atoms with Gasteiger partial charge in [-0.2, -0.15) is 0 Å². The highest BCUT2D eigenvalue weighted by Crippen LogP contribution is 2.39. The molecular formula is C32H44ClN3O5. The van der Waals surface area contributed by atoms with E-state index in [0.717, 1.165) is 55.3 Å². The Labute approximate surface area is 249 Å². The molecule has 1 saturated heterocycles. The van der Waals surface area contributed by atoms with E-state index in [9.17, 15) is 9.59 Å². The number of alkyl carbamates (subject to hydrolysis) is 1. The summed E-state index contributed by atoms with van der Waals surface area (Å²) in [5.41, 5.74) is 4.01. The molecule has 0 radical (unpaired) electrons. The molecule has 4 rings (SSSR count). The van der Waals surface area contributed by atoms with E-state index < -0.39 is 18.3 Å². The van der Waals surface area contributed by atoms with Crippen molar-refractivity contribution in [3.63, 3.8) is 0 Å². The Kier molecular flexibility index (Phi) is 11.9. The van der Waals surface area contributed by atoms with Crippen LogP contribution in [0.15, 0.2) is 42.5 Å². The number of methoxy groups -OCH3 is 1. The standard InChI is InChI=1S/C32H44ClN3O5/c1-4-22-7-5-8-25(19-22)29-26(9-6-10-27(29)33)30(41-17-15-35-32(38)39-3)28-21-36(16-18-40-28)31(37)24-13-11-23(12-14-24)20-34-2/h5-10,19,23-24,28,30,34H,4,11-18,20-21H2,1-3H3,(H,35,38)/t23?,24?,28-,30?/m1/s1. The molecule has 2 fully saturated rings. The molecule has 1 saturated carbocycles. The summed E-state index contributed by atoms with van der Waals surface area (Å²) >= 11 is 6.84. The lowest BCUT2D eigenvalue weighted by molar-refractivity contribution is -0.153. The van der Waals surface area contributed by atoms with Crippen LogP contribution >= 0.6 is 11.6 Å². The second kappa shape index (κ2) is 15.5. The molecule has 2 atom stereocenters. The second-order valence-corrected chi connectivity index (χ2v) is 11.3. The average Bonchev–Trinajstić information content (AvgIpc) is 3.01. The summed E-state index contributed by atoms with van der Waals surface area (Å²) in [7, 11) is 3.32. The fourth-order valence-electron chi connectivity index (χ4n) is 6.06. The first-order valence-corrected chi connectivity index (χ1v) is 15.2. The van der Waals surface area contributed by atoms with Gasteiger partial charge in [-0.15, -0.1) is 0 Å². The minimum absolute atomic E-state index is 0.0593. The van der Waals surface area contributed by atoms with Gasteiger partial charge < -0.3 is 29.7 Å². The first-order valence-electron chi connectivity index (χ1n) is 14.8. The zero-order valence-electron chi connectivity index (χ0n) is 24.5. The van der Waals surface area contributed by atoms with Crippen LogP contribution in [0, 0.1) is 11.8 Å². The third kappa shape index (κ3) is 8.22. The Hall–Kier alpha value is -2.65. The van der Waals surface area contributed by atoms with Crippen LogP contribution in [-0.4, -0.2) is 76.6 Å². The molecule has 2 aromatic rings. The van der Waals surface area contributed by atoms with Gasteiger partial charge in [-0.3, -0.25) is 4.79 Å². The van der Waals surface area contributed by atoms with Gasteiger partial charge in [0.2, 0.25) is 5.91 Å². The molecule has 2 aliphatic rings. The van der Waals surface area contributed by atoms with E-state index in [1.54, 1.807) is 0 Å². The highest BCUT2D eigenvalue weighted by molar-refractivity contribution is 6.33. The monoisotopic (exact) mass is 585 g/mol. The van der Waals surface area contributed by atoms with Crippen molar-refractivity contribution in [2.75, 3.05) is 53.6 Å². The zero-order valence-corrected chi connectivity index (χ0v) is 25.3. The highest BCUT2D eigenvalue weighted by Gasteiger charge is 2.36. The first-order chi connectivity index (χ1) is 19.9. The molecule has 1 unspecified atom stereocenters. The van der Waals surface area contributed by atoms with E-state index >= 15 is 0 Å². The van der Waals surface area contributed by atoms with Crippen LogP contribution in [0.5, 0.6) is 0 Å². The topological polar surface area (TPSA) is 89.1 Å². The average molecular weight is 586 g/mol. The summed E-state index contributed by atoms with van der Waals surface area (Å²) in [5, 5.41) is 6.57. The highest BCUT2D eigenvalue weighted by atomic mass is 35.5. The molecule has 1 aliphatic heterocycles. The number of carbonyl (C=O) groups excluding carboxylic acids is 2. The lowest BCUT2D eigenvalue weighted by atomic mass is 9.81. The van der Waals surface area contributed by atoms with Gasteiger partial charge in [0.15, 0.2) is 0 Å². The minimum atomic E-state index is -0.514. The van der Waals surface area contributed by atoms with E-state index in [0.29, 0.717) is 30.6 Å². The maximum atomic E-state index is 13.6. The van der Waals surface area contributed by atoms with Crippen LogP contribution in [0.3, 0.4) is 0 Å². The van der Waals surface area contributed by atoms with Crippen molar-refractivity contribution in [1.29, 1.82) is 0 Å². The third-order valence-electron chi connectivity index (χ3n) is 8.26. The molecule has 1 heterocycles. The number of amides is 2. The van der Waals surface area contributed by atoms with E-state index in [-0.39, 0.29) is 25.0 Å². The van der Waals surface area contributed by atoms with Crippen molar-refractivity contribution in [2.45, 2.75) is 51.2 Å². The van der Waals surface area contributed by atoms with E-state index in [4.69, 9.17) is 25.8 Å². The molecule has 2 amide bonds. The molecule has 0 bridgehead atoms. The largest absolute Gasteiger partial charge is 0.453 e. The van der Waals surface area contributed by atoms with E-state index in [1.807, 2.05) is 36.2 Å². The van der Waals surface area contributed by atoms with Crippen molar-refractivity contribution in [3.05, 3.63) is 58.6 Å². The van der Waals surface area contributed by atoms with E-state index in [2.05, 4.69) is 35.8 Å². The summed E-state index contributed by atoms with van der Waals surface area (Å²) in [5.74, 6) is 0.920. The number of hydrogen-bond acceptors (Lipinski definition) is 6. The number of halogens is 1. The van der Waals surface area contributed by atoms with Crippen molar-refractivity contribution in [2.24, 2.45) is 11.8 Å². The number of nitrogens with one attached hydrogen (secondary N) is 2. The zero-order chi connectivity index (χ0) is 29.2. The van der Waals surface area contributed by atoms with Gasteiger partial charge in [0.25, 0.3) is 0 Å². The Bertz CT molecular complexity index is 1150. The molecule has 2 aromatic carbocycles. The van der Waals surface area contributed by atoms with Gasteiger partial charge in [0, 0.05) is 36.1 Å². The number of rotatable bonds is 11. The summed E-state index contributed by atoms with van der Waals surface area (Å²) < 4.78 is 17.5. The Balaban J connectivity index is 1.57. The van der Waals surface area contributed by atoms with Crippen molar-refractivity contribution in [1.82, 2.24) is 15.5 Å². The van der Waals surface area contributed by atoms with Crippen LogP contribution < -0.4 is 10.6 Å². The number of nitrogens with zero attached hydrogens (tertiary/aromatic N) is 1. The molecule has 224 valence electrons. The van der Waals surface area contributed by atoms with Crippen molar-refractivity contribution < 1.29 is 23.8 Å². The predicted molar refractivity (Wildman–Crippen MR) is 161 cm³/mol. The van der Waals surface area contributed by atoms with Crippen molar-refractivity contribution >= 4 is 23.6 Å². The molecule has 2 N–H and O–H groups in total. The smallest absolute Gasteiger partial charge is 0.406 e. The van der Waals surface area contributed by atoms with Gasteiger partial charge in [0.05, 0.1) is 20.3 Å². The van der Waals surface area contributed by atoms with Crippen LogP contribution in [-0.2, 0) is 25.4 Å². The fraction of sp³-hybridized carbons (Fsp3) is 0.562.